The molecule has 11 heteroatoms. The summed E-state index contributed by atoms with van der Waals surface area (Å²) >= 11 is 0. The summed E-state index contributed by atoms with van der Waals surface area (Å²) in [6.45, 7) is -0.290. The second kappa shape index (κ2) is 8.61. The van der Waals surface area contributed by atoms with Gasteiger partial charge < -0.3 is 57.6 Å². The van der Waals surface area contributed by atoms with Gasteiger partial charge >= 0.3 is 11.3 Å². The van der Waals surface area contributed by atoms with Crippen molar-refractivity contribution in [2.75, 3.05) is 6.61 Å². The van der Waals surface area contributed by atoms with Crippen LogP contribution in [-0.2, 0) is 4.74 Å². The Kier molecular flexibility index (Phi) is 6.30. The summed E-state index contributed by atoms with van der Waals surface area (Å²) in [5.41, 5.74) is 0.346. The van der Waals surface area contributed by atoms with Crippen LogP contribution in [0.2, 0.25) is 0 Å². The fraction of sp³-hybridized carbons (Fsp3) is 0.250. The van der Waals surface area contributed by atoms with Crippen molar-refractivity contribution in [2.45, 2.75) is 24.6 Å². The summed E-state index contributed by atoms with van der Waals surface area (Å²) in [7, 11) is 0. The summed E-state index contributed by atoms with van der Waals surface area (Å²) in [5.74, 6) is -1.37. The van der Waals surface area contributed by atoms with Crippen molar-refractivity contribution in [2.24, 2.45) is 0 Å². The quantitative estimate of drug-likeness (QED) is 0.174. The molecule has 0 radical (unpaired) electrons. The van der Waals surface area contributed by atoms with E-state index >= 15 is 0 Å². The number of hydrogen-bond acceptors (Lipinski definition) is 9. The highest BCUT2D eigenvalue weighted by Crippen LogP contribution is 2.41. The molecule has 0 saturated carbocycles. The maximum absolute atomic E-state index is 10.2. The Balaban J connectivity index is 0.00000272. The normalized spacial score (nSPS) is 23.3. The van der Waals surface area contributed by atoms with Gasteiger partial charge in [-0.1, -0.05) is 0 Å². The minimum absolute atomic E-state index is 0. The molecule has 2 unspecified atom stereocenters. The SMILES string of the molecule is Oc1cc(O)c2cc(OC3OC[C@H](O)[C@@H](O)C3O)c(-c3ccc(O)c(O)c3)[o+]c2c1.[Cl-]. The number of rotatable bonds is 3. The molecule has 0 spiro atoms. The number of phenolic OH excluding ortho intramolecular Hbond substituents is 4. The average molecular weight is 455 g/mol. The Labute approximate surface area is 181 Å². The maximum atomic E-state index is 10.2. The van der Waals surface area contributed by atoms with Crippen molar-refractivity contribution in [3.8, 4) is 40.1 Å². The molecule has 1 fully saturated rings. The van der Waals surface area contributed by atoms with Crippen LogP contribution in [0.15, 0.2) is 40.8 Å². The van der Waals surface area contributed by atoms with Gasteiger partial charge in [0, 0.05) is 18.2 Å². The predicted molar refractivity (Wildman–Crippen MR) is 101 cm³/mol. The largest absolute Gasteiger partial charge is 1.00 e. The van der Waals surface area contributed by atoms with Crippen LogP contribution in [-0.4, -0.2) is 67.0 Å². The molecule has 2 heterocycles. The average Bonchev–Trinajstić information content (AvgIpc) is 2.70. The van der Waals surface area contributed by atoms with Crippen LogP contribution >= 0.6 is 0 Å². The number of aliphatic hydroxyl groups is 3. The second-order valence-corrected chi connectivity index (χ2v) is 6.89. The zero-order valence-electron chi connectivity index (χ0n) is 15.7. The molecule has 0 bridgehead atoms. The molecule has 1 saturated heterocycles. The third-order valence-electron chi connectivity index (χ3n) is 4.75. The number of aromatic hydroxyl groups is 4. The lowest BCUT2D eigenvalue weighted by Crippen LogP contribution is -3.00. The van der Waals surface area contributed by atoms with E-state index < -0.39 is 30.4 Å². The molecule has 166 valence electrons. The van der Waals surface area contributed by atoms with Gasteiger partial charge in [-0.2, -0.15) is 0 Å². The molecule has 1 aromatic heterocycles. The monoisotopic (exact) mass is 454 g/mol. The Bertz CT molecular complexity index is 1110. The van der Waals surface area contributed by atoms with Crippen molar-refractivity contribution in [1.82, 2.24) is 0 Å². The molecule has 1 aliphatic rings. The van der Waals surface area contributed by atoms with Gasteiger partial charge in [0.1, 0.15) is 35.2 Å². The number of hydrogen-bond donors (Lipinski definition) is 7. The smallest absolute Gasteiger partial charge is 0.402 e. The molecule has 1 aliphatic heterocycles. The molecular formula is C20H19ClO10. The van der Waals surface area contributed by atoms with Gasteiger partial charge in [0.2, 0.25) is 12.0 Å². The van der Waals surface area contributed by atoms with Gasteiger partial charge in [0.15, 0.2) is 11.5 Å². The molecule has 2 aromatic carbocycles. The fourth-order valence-corrected chi connectivity index (χ4v) is 3.15. The van der Waals surface area contributed by atoms with Gasteiger partial charge in [-0.25, -0.2) is 4.42 Å². The summed E-state index contributed by atoms with van der Waals surface area (Å²) in [6.07, 6.45) is -5.76. The molecule has 4 atom stereocenters. The van der Waals surface area contributed by atoms with Crippen molar-refractivity contribution in [1.29, 1.82) is 0 Å². The number of phenols is 4. The Morgan fingerprint density at radius 2 is 1.61 bits per heavy atom. The van der Waals surface area contributed by atoms with Crippen LogP contribution in [0.5, 0.6) is 28.7 Å². The topological polar surface area (TPSA) is 171 Å². The minimum atomic E-state index is -1.58. The Morgan fingerprint density at radius 1 is 0.871 bits per heavy atom. The van der Waals surface area contributed by atoms with Gasteiger partial charge in [0.25, 0.3) is 0 Å². The van der Waals surface area contributed by atoms with Crippen LogP contribution in [0.4, 0.5) is 0 Å². The Morgan fingerprint density at radius 3 is 2.32 bits per heavy atom. The summed E-state index contributed by atoms with van der Waals surface area (Å²) < 4.78 is 16.7. The third-order valence-corrected chi connectivity index (χ3v) is 4.75. The summed E-state index contributed by atoms with van der Waals surface area (Å²) in [4.78, 5) is 0. The van der Waals surface area contributed by atoms with E-state index in [1.54, 1.807) is 0 Å². The second-order valence-electron chi connectivity index (χ2n) is 6.89. The molecule has 7 N–H and O–H groups in total. The predicted octanol–water partition coefficient (Wildman–Crippen LogP) is -1.97. The number of aliphatic hydroxyl groups excluding tert-OH is 3. The van der Waals surface area contributed by atoms with E-state index in [0.29, 0.717) is 0 Å². The number of ether oxygens (including phenoxy) is 2. The van der Waals surface area contributed by atoms with Gasteiger partial charge in [0.05, 0.1) is 18.2 Å². The minimum Gasteiger partial charge on any atom is -1.00 e. The number of benzene rings is 2. The standard InChI is InChI=1S/C20H18O10.ClH/c21-9-4-12(23)10-6-16(30-20-18(27)17(26)14(25)7-28-20)19(29-15(10)5-9)8-1-2-11(22)13(24)3-8;/h1-6,14,17-18,20,25-27H,7H2,(H3-,21,22,23,24);1H/t14-,17+,18?,20?;/m0./s1. The lowest BCUT2D eigenvalue weighted by Gasteiger charge is -2.34. The van der Waals surface area contributed by atoms with E-state index in [-0.39, 0.29) is 64.3 Å². The van der Waals surface area contributed by atoms with Crippen molar-refractivity contribution >= 4 is 11.0 Å². The van der Waals surface area contributed by atoms with Gasteiger partial charge in [-0.3, -0.25) is 0 Å². The highest BCUT2D eigenvalue weighted by atomic mass is 35.5. The van der Waals surface area contributed by atoms with Gasteiger partial charge in [-0.05, 0) is 12.1 Å². The van der Waals surface area contributed by atoms with E-state index in [1.807, 2.05) is 0 Å². The Hall–Kier alpha value is -3.02. The van der Waals surface area contributed by atoms with Gasteiger partial charge in [-0.15, -0.1) is 0 Å². The van der Waals surface area contributed by atoms with Crippen LogP contribution < -0.4 is 17.1 Å². The lowest BCUT2D eigenvalue weighted by molar-refractivity contribution is -0.242. The molecule has 0 aliphatic carbocycles. The van der Waals surface area contributed by atoms with Crippen LogP contribution in [0, 0.1) is 0 Å². The molecule has 3 aromatic rings. The van der Waals surface area contributed by atoms with Crippen LogP contribution in [0.25, 0.3) is 22.3 Å². The van der Waals surface area contributed by atoms with E-state index in [0.717, 1.165) is 6.07 Å². The van der Waals surface area contributed by atoms with E-state index in [1.165, 1.54) is 30.3 Å². The fourth-order valence-electron chi connectivity index (χ4n) is 3.15. The molecule has 4 rings (SSSR count). The summed E-state index contributed by atoms with van der Waals surface area (Å²) in [6, 6.07) is 7.56. The zero-order chi connectivity index (χ0) is 21.6. The highest BCUT2D eigenvalue weighted by Gasteiger charge is 2.40. The molecule has 31 heavy (non-hydrogen) atoms. The zero-order valence-corrected chi connectivity index (χ0v) is 16.5. The van der Waals surface area contributed by atoms with Crippen LogP contribution in [0.3, 0.4) is 0 Å². The third kappa shape index (κ3) is 4.24. The molecule has 10 nitrogen and oxygen atoms in total. The number of halogens is 1. The first-order chi connectivity index (χ1) is 14.2. The molecule has 0 amide bonds. The first-order valence-corrected chi connectivity index (χ1v) is 8.92. The summed E-state index contributed by atoms with van der Waals surface area (Å²) in [5, 5.41) is 69.1. The maximum Gasteiger partial charge on any atom is 0.402 e. The number of fused-ring (bicyclic) bond motifs is 1. The first kappa shape index (κ1) is 22.7. The van der Waals surface area contributed by atoms with E-state index in [9.17, 15) is 35.7 Å². The van der Waals surface area contributed by atoms with E-state index in [2.05, 4.69) is 0 Å². The lowest BCUT2D eigenvalue weighted by atomic mass is 10.1. The van der Waals surface area contributed by atoms with Crippen LogP contribution in [0.1, 0.15) is 0 Å². The highest BCUT2D eigenvalue weighted by molar-refractivity contribution is 5.88. The van der Waals surface area contributed by atoms with Crippen molar-refractivity contribution in [3.63, 3.8) is 0 Å². The molecular weight excluding hydrogens is 436 g/mol. The van der Waals surface area contributed by atoms with Crippen molar-refractivity contribution < 1.29 is 62.0 Å². The van der Waals surface area contributed by atoms with E-state index in [4.69, 9.17) is 13.9 Å². The first-order valence-electron chi connectivity index (χ1n) is 8.92. The van der Waals surface area contributed by atoms with Crippen molar-refractivity contribution in [3.05, 3.63) is 36.4 Å².